The van der Waals surface area contributed by atoms with E-state index in [1.807, 2.05) is 0 Å². The first-order valence-electron chi connectivity index (χ1n) is 18.2. The summed E-state index contributed by atoms with van der Waals surface area (Å²) >= 11 is 0. The smallest absolute Gasteiger partial charge is 0.418 e. The van der Waals surface area contributed by atoms with Gasteiger partial charge in [0.2, 0.25) is 0 Å². The first-order chi connectivity index (χ1) is 27.1. The van der Waals surface area contributed by atoms with Crippen LogP contribution in [0.2, 0.25) is 0 Å². The molecule has 5 nitrogen and oxygen atoms in total. The van der Waals surface area contributed by atoms with Gasteiger partial charge in [-0.1, -0.05) is 85.6 Å². The van der Waals surface area contributed by atoms with Crippen LogP contribution in [0.25, 0.3) is 0 Å². The molecule has 0 radical (unpaired) electrons. The number of rotatable bonds is 2. The Morgan fingerprint density at radius 1 is 0.500 bits per heavy atom. The average molecular weight is 891 g/mol. The largest absolute Gasteiger partial charge is 4.00 e. The van der Waals surface area contributed by atoms with Crippen LogP contribution in [0.15, 0.2) is 109 Å². The van der Waals surface area contributed by atoms with Gasteiger partial charge in [0.1, 0.15) is 22.9 Å². The minimum atomic E-state index is -6.00. The fourth-order valence-corrected chi connectivity index (χ4v) is 13.1. The fraction of sp³-hybridized carbons (Fsp3) is 0.325. The molecule has 1 aliphatic heterocycles. The first-order valence-corrected chi connectivity index (χ1v) is 21.7. The monoisotopic (exact) mass is 891 g/mol. The van der Waals surface area contributed by atoms with Crippen molar-refractivity contribution in [3.8, 4) is 18.2 Å². The van der Waals surface area contributed by atoms with Crippen LogP contribution in [-0.2, 0) is 30.2 Å². The van der Waals surface area contributed by atoms with Gasteiger partial charge in [-0.25, -0.2) is 0 Å². The van der Waals surface area contributed by atoms with Gasteiger partial charge in [-0.15, -0.1) is 0 Å². The summed E-state index contributed by atoms with van der Waals surface area (Å²) in [5.41, 5.74) is 3.00. The van der Waals surface area contributed by atoms with Crippen LogP contribution in [0.3, 0.4) is 0 Å². The summed E-state index contributed by atoms with van der Waals surface area (Å²) in [6.07, 6.45) is 7.68. The zero-order chi connectivity index (χ0) is 42.7. The molecule has 6 rings (SSSR count). The van der Waals surface area contributed by atoms with Crippen LogP contribution >= 0.6 is 15.8 Å². The Balaban J connectivity index is 0.00000137. The summed E-state index contributed by atoms with van der Waals surface area (Å²) < 4.78 is 78.0. The number of nitriles is 3. The van der Waals surface area contributed by atoms with E-state index in [2.05, 4.69) is 120 Å². The van der Waals surface area contributed by atoms with Gasteiger partial charge in [0.15, 0.2) is 0 Å². The zero-order valence-corrected chi connectivity index (χ0v) is 35.7. The molecule has 0 bridgehead atoms. The third-order valence-electron chi connectivity index (χ3n) is 8.43. The summed E-state index contributed by atoms with van der Waals surface area (Å²) in [6, 6.07) is 47.7. The Hall–Kier alpha value is -3.78. The van der Waals surface area contributed by atoms with Crippen molar-refractivity contribution >= 4 is 51.6 Å². The predicted molar refractivity (Wildman–Crippen MR) is 225 cm³/mol. The molecule has 4 aromatic carbocycles. The molecule has 1 fully saturated rings. The zero-order valence-electron chi connectivity index (χ0n) is 32.6. The molecular formula is C40H49B2F8FeN5P2+4. The Morgan fingerprint density at radius 2 is 0.759 bits per heavy atom. The Bertz CT molecular complexity index is 1670. The van der Waals surface area contributed by atoms with E-state index in [4.69, 9.17) is 15.8 Å². The summed E-state index contributed by atoms with van der Waals surface area (Å²) in [5, 5.41) is 36.3. The fourth-order valence-electron chi connectivity index (χ4n) is 6.44. The normalized spacial score (nSPS) is 18.4. The topological polar surface area (TPSA) is 95.4 Å². The first kappa shape index (κ1) is 54.2. The minimum Gasteiger partial charge on any atom is -0.418 e. The van der Waals surface area contributed by atoms with E-state index in [0.29, 0.717) is 12.1 Å². The number of hydrogen-bond acceptors (Lipinski definition) is 5. The second kappa shape index (κ2) is 30.3. The second-order valence-corrected chi connectivity index (χ2v) is 17.6. The molecule has 4 atom stereocenters. The molecule has 2 unspecified atom stereocenters. The third-order valence-corrected chi connectivity index (χ3v) is 14.8. The maximum Gasteiger partial charge on any atom is 4.00 e. The van der Waals surface area contributed by atoms with E-state index >= 15 is 0 Å². The number of halogens is 8. The number of nitrogens with one attached hydrogen (secondary N) is 2. The van der Waals surface area contributed by atoms with Crippen molar-refractivity contribution in [3.05, 3.63) is 120 Å². The van der Waals surface area contributed by atoms with Crippen molar-refractivity contribution in [1.29, 1.82) is 15.8 Å². The molecular weight excluding hydrogens is 842 g/mol. The summed E-state index contributed by atoms with van der Waals surface area (Å²) in [5.74, 6) is 0. The molecule has 0 aromatic heterocycles. The van der Waals surface area contributed by atoms with Crippen LogP contribution < -0.4 is 31.9 Å². The van der Waals surface area contributed by atoms with E-state index in [1.165, 1.54) is 80.5 Å². The van der Waals surface area contributed by atoms with Crippen LogP contribution in [-0.4, -0.2) is 38.9 Å². The van der Waals surface area contributed by atoms with Gasteiger partial charge in [-0.3, -0.25) is 0 Å². The van der Waals surface area contributed by atoms with Gasteiger partial charge in [0.05, 0.1) is 44.7 Å². The summed E-state index contributed by atoms with van der Waals surface area (Å²) in [6.45, 7) is 6.22. The van der Waals surface area contributed by atoms with Gasteiger partial charge in [0.25, 0.3) is 0 Å². The van der Waals surface area contributed by atoms with Crippen LogP contribution in [0.4, 0.5) is 34.5 Å². The molecule has 2 N–H and O–H groups in total. The summed E-state index contributed by atoms with van der Waals surface area (Å²) in [4.78, 5) is 0. The standard InChI is InChI=1S/C34H38N2P2.3C2H3N.2BF4.Fe/c1-3-15-29(16-4-1)37-23-24-38(30-17-5-2-6-18-30)34-22-12-8-14-28(34)26-36-32-20-10-9-19-31(32)35-25-27-13-7-11-21-33(27)37;3*1-2-3;2*2-1(3,4)5;/h1-8,11-18,21-22,31-32,35-36H,9-10,19-20,23-26H2;3*1H3;;;/q;;;;2*-1;+4/p+2/t31-,32-,37?,38?;;;;;;/m0....../s1. The van der Waals surface area contributed by atoms with Crippen LogP contribution in [0.5, 0.6) is 0 Å². The predicted octanol–water partition coefficient (Wildman–Crippen LogP) is 9.41. The Morgan fingerprint density at radius 3 is 1.05 bits per heavy atom. The van der Waals surface area contributed by atoms with E-state index in [-0.39, 0.29) is 17.1 Å². The average Bonchev–Trinajstić information content (AvgIpc) is 3.16. The Kier molecular flexibility index (Phi) is 28.3. The third kappa shape index (κ3) is 23.6. The molecule has 310 valence electrons. The van der Waals surface area contributed by atoms with Crippen LogP contribution in [0.1, 0.15) is 57.6 Å². The van der Waals surface area contributed by atoms with Gasteiger partial charge in [-0.05, 0) is 49.2 Å². The van der Waals surface area contributed by atoms with Crippen LogP contribution in [0, 0.1) is 34.0 Å². The molecule has 1 heterocycles. The SMILES string of the molecule is CC#N.CC#N.CC#N.F[B-](F)(F)F.F[B-](F)(F)F.[Fe+4].c1ccc([PH+]2CC[PH+](c3ccccc3)c3ccccc3CN[C@H]3CCCC[C@@H]3NCc3ccccc32)cc1. The molecule has 4 aromatic rings. The number of nitrogens with zero attached hydrogens (tertiary/aromatic N) is 3. The second-order valence-electron chi connectivity index (χ2n) is 12.4. The van der Waals surface area contributed by atoms with E-state index in [9.17, 15) is 34.5 Å². The van der Waals surface area contributed by atoms with Crippen molar-refractivity contribution in [2.24, 2.45) is 0 Å². The van der Waals surface area contributed by atoms with E-state index < -0.39 is 30.4 Å². The van der Waals surface area contributed by atoms with Gasteiger partial charge in [-0.2, -0.15) is 15.8 Å². The van der Waals surface area contributed by atoms with Crippen molar-refractivity contribution in [1.82, 2.24) is 10.6 Å². The minimum absolute atomic E-state index is 0. The van der Waals surface area contributed by atoms with Gasteiger partial charge >= 0.3 is 31.6 Å². The molecule has 18 heteroatoms. The number of benzene rings is 4. The summed E-state index contributed by atoms with van der Waals surface area (Å²) in [7, 11) is -13.9. The maximum atomic E-state index is 9.75. The molecule has 58 heavy (non-hydrogen) atoms. The number of hydrogen-bond donors (Lipinski definition) is 2. The quantitative estimate of drug-likeness (QED) is 0.119. The van der Waals surface area contributed by atoms with E-state index in [0.717, 1.165) is 13.1 Å². The van der Waals surface area contributed by atoms with Crippen molar-refractivity contribution in [2.75, 3.05) is 12.3 Å². The molecule has 0 saturated heterocycles. The molecule has 1 saturated carbocycles. The van der Waals surface area contributed by atoms with E-state index in [1.54, 1.807) is 28.8 Å². The van der Waals surface area contributed by atoms with Crippen molar-refractivity contribution in [2.45, 2.75) is 71.6 Å². The van der Waals surface area contributed by atoms with Gasteiger partial charge in [0, 0.05) is 57.1 Å². The van der Waals surface area contributed by atoms with Gasteiger partial charge < -0.3 is 45.2 Å². The van der Waals surface area contributed by atoms with Crippen molar-refractivity contribution < 1.29 is 51.6 Å². The molecule has 2 aliphatic rings. The molecule has 1 aliphatic carbocycles. The van der Waals surface area contributed by atoms with Crippen molar-refractivity contribution in [3.63, 3.8) is 0 Å². The number of fused-ring (bicyclic) bond motifs is 3. The molecule has 0 amide bonds. The molecule has 0 spiro atoms. The Labute approximate surface area is 350 Å². The maximum absolute atomic E-state index is 9.75.